The van der Waals surface area contributed by atoms with Gasteiger partial charge in [0, 0.05) is 10.0 Å². The molecule has 2 heterocycles. The number of hydrogen-bond acceptors (Lipinski definition) is 7. The Kier molecular flexibility index (Phi) is 8.12. The number of fused-ring (bicyclic) bond motifs is 1. The van der Waals surface area contributed by atoms with Crippen molar-refractivity contribution in [1.29, 1.82) is 0 Å². The largest absolute Gasteiger partial charge is 0.493 e. The van der Waals surface area contributed by atoms with Crippen molar-refractivity contribution in [2.75, 3.05) is 14.2 Å². The number of benzene rings is 3. The number of carbonyl (C=O) groups is 1. The number of halogens is 2. The van der Waals surface area contributed by atoms with Crippen molar-refractivity contribution in [2.24, 2.45) is 4.99 Å². The quantitative estimate of drug-likeness (QED) is 0.271. The number of aromatic nitrogens is 1. The van der Waals surface area contributed by atoms with Gasteiger partial charge in [0.25, 0.3) is 5.56 Å². The zero-order valence-electron chi connectivity index (χ0n) is 21.8. The van der Waals surface area contributed by atoms with Crippen molar-refractivity contribution in [3.05, 3.63) is 124 Å². The highest BCUT2D eigenvalue weighted by atomic mass is 35.5. The maximum absolute atomic E-state index is 13.8. The van der Waals surface area contributed by atoms with E-state index in [0.29, 0.717) is 54.3 Å². The van der Waals surface area contributed by atoms with Gasteiger partial charge in [-0.3, -0.25) is 9.36 Å². The van der Waals surface area contributed by atoms with E-state index in [0.717, 1.165) is 5.56 Å². The molecular formula is C30H24Cl2N2O5S. The molecule has 1 atom stereocenters. The molecule has 0 saturated carbocycles. The third-order valence-corrected chi connectivity index (χ3v) is 7.96. The van der Waals surface area contributed by atoms with Crippen LogP contribution in [0.4, 0.5) is 0 Å². The monoisotopic (exact) mass is 594 g/mol. The summed E-state index contributed by atoms with van der Waals surface area (Å²) in [6.45, 7) is 2.08. The standard InChI is InChI=1S/C30H24Cl2N2O5S/c1-17-26(29(36)38-3)27(20-10-12-23(24(13-20)37-2)39-16-18-7-5-4-6-8-18)34-28(35)25(40-30(34)33-17)14-19-9-11-21(31)15-22(19)32/h4-15,27H,16H2,1-3H3. The predicted octanol–water partition coefficient (Wildman–Crippen LogP) is 5.30. The van der Waals surface area contributed by atoms with Crippen LogP contribution in [0.3, 0.4) is 0 Å². The molecule has 1 aliphatic heterocycles. The molecule has 7 nitrogen and oxygen atoms in total. The van der Waals surface area contributed by atoms with Crippen LogP contribution in [-0.4, -0.2) is 24.8 Å². The van der Waals surface area contributed by atoms with Crippen LogP contribution in [0.25, 0.3) is 6.08 Å². The zero-order valence-corrected chi connectivity index (χ0v) is 24.1. The molecular weight excluding hydrogens is 571 g/mol. The van der Waals surface area contributed by atoms with E-state index in [-0.39, 0.29) is 11.1 Å². The lowest BCUT2D eigenvalue weighted by atomic mass is 9.95. The van der Waals surface area contributed by atoms with Crippen LogP contribution in [0.5, 0.6) is 11.5 Å². The van der Waals surface area contributed by atoms with E-state index in [9.17, 15) is 9.59 Å². The van der Waals surface area contributed by atoms with Gasteiger partial charge in [0.15, 0.2) is 16.3 Å². The molecule has 4 aromatic rings. The van der Waals surface area contributed by atoms with Gasteiger partial charge in [0.2, 0.25) is 0 Å². The molecule has 204 valence electrons. The van der Waals surface area contributed by atoms with E-state index >= 15 is 0 Å². The van der Waals surface area contributed by atoms with Gasteiger partial charge in [-0.1, -0.05) is 77.0 Å². The van der Waals surface area contributed by atoms with Gasteiger partial charge in [0.1, 0.15) is 6.61 Å². The second-order valence-electron chi connectivity index (χ2n) is 8.92. The second kappa shape index (κ2) is 11.7. The Morgan fingerprint density at radius 3 is 2.52 bits per heavy atom. The predicted molar refractivity (Wildman–Crippen MR) is 156 cm³/mol. The lowest BCUT2D eigenvalue weighted by molar-refractivity contribution is -0.136. The van der Waals surface area contributed by atoms with Gasteiger partial charge in [-0.05, 0) is 54.0 Å². The topological polar surface area (TPSA) is 79.1 Å². The van der Waals surface area contributed by atoms with Crippen LogP contribution in [0.1, 0.15) is 29.7 Å². The van der Waals surface area contributed by atoms with Crippen LogP contribution in [-0.2, 0) is 16.1 Å². The van der Waals surface area contributed by atoms with E-state index in [1.165, 1.54) is 30.1 Å². The highest BCUT2D eigenvalue weighted by Crippen LogP contribution is 2.36. The average Bonchev–Trinajstić information content (AvgIpc) is 3.26. The second-order valence-corrected chi connectivity index (χ2v) is 10.8. The SMILES string of the molecule is COC(=O)C1=C(C)N=c2sc(=Cc3ccc(Cl)cc3Cl)c(=O)n2C1c1ccc(OCc2ccccc2)c(OC)c1. The fraction of sp³-hybridized carbons (Fsp3) is 0.167. The number of esters is 1. The van der Waals surface area contributed by atoms with Gasteiger partial charge in [-0.2, -0.15) is 0 Å². The maximum atomic E-state index is 13.8. The number of rotatable bonds is 7. The molecule has 0 N–H and O–H groups in total. The number of allylic oxidation sites excluding steroid dienone is 1. The number of carbonyl (C=O) groups excluding carboxylic acids is 1. The minimum atomic E-state index is -0.802. The van der Waals surface area contributed by atoms with Gasteiger partial charge < -0.3 is 14.2 Å². The molecule has 0 bridgehead atoms. The van der Waals surface area contributed by atoms with E-state index in [2.05, 4.69) is 4.99 Å². The van der Waals surface area contributed by atoms with Crippen molar-refractivity contribution < 1.29 is 19.0 Å². The van der Waals surface area contributed by atoms with E-state index < -0.39 is 12.0 Å². The van der Waals surface area contributed by atoms with Crippen molar-refractivity contribution in [1.82, 2.24) is 4.57 Å². The summed E-state index contributed by atoms with van der Waals surface area (Å²) in [6.07, 6.45) is 1.69. The highest BCUT2D eigenvalue weighted by molar-refractivity contribution is 7.07. The average molecular weight is 596 g/mol. The van der Waals surface area contributed by atoms with Crippen LogP contribution in [0, 0.1) is 0 Å². The van der Waals surface area contributed by atoms with Crippen molar-refractivity contribution in [2.45, 2.75) is 19.6 Å². The molecule has 5 rings (SSSR count). The van der Waals surface area contributed by atoms with E-state index in [1.807, 2.05) is 36.4 Å². The van der Waals surface area contributed by atoms with Crippen molar-refractivity contribution in [3.8, 4) is 11.5 Å². The molecule has 3 aromatic carbocycles. The first-order valence-corrected chi connectivity index (χ1v) is 13.8. The summed E-state index contributed by atoms with van der Waals surface area (Å²) in [5, 5.41) is 0.907. The molecule has 40 heavy (non-hydrogen) atoms. The van der Waals surface area contributed by atoms with Gasteiger partial charge in [0.05, 0.1) is 36.1 Å². The first-order valence-electron chi connectivity index (χ1n) is 12.2. The minimum Gasteiger partial charge on any atom is -0.493 e. The molecule has 1 aliphatic rings. The summed E-state index contributed by atoms with van der Waals surface area (Å²) < 4.78 is 18.7. The molecule has 1 aromatic heterocycles. The molecule has 0 aliphatic carbocycles. The molecule has 0 spiro atoms. The number of nitrogens with zero attached hydrogens (tertiary/aromatic N) is 2. The lowest BCUT2D eigenvalue weighted by Gasteiger charge is -2.25. The van der Waals surface area contributed by atoms with Crippen molar-refractivity contribution in [3.63, 3.8) is 0 Å². The van der Waals surface area contributed by atoms with E-state index in [4.69, 9.17) is 37.4 Å². The summed E-state index contributed by atoms with van der Waals surface area (Å²) in [5.41, 5.74) is 2.67. The Labute approximate surface area is 244 Å². The van der Waals surface area contributed by atoms with Crippen LogP contribution in [0.2, 0.25) is 10.0 Å². The summed E-state index contributed by atoms with van der Waals surface area (Å²) in [7, 11) is 2.84. The Balaban J connectivity index is 1.62. The summed E-state index contributed by atoms with van der Waals surface area (Å²) in [5.74, 6) is 0.409. The number of thiazole rings is 1. The first-order chi connectivity index (χ1) is 19.3. The zero-order chi connectivity index (χ0) is 28.4. The molecule has 0 fully saturated rings. The minimum absolute atomic E-state index is 0.256. The maximum Gasteiger partial charge on any atom is 0.338 e. The molecule has 0 radical (unpaired) electrons. The van der Waals surface area contributed by atoms with Crippen molar-refractivity contribution >= 4 is 46.6 Å². The molecule has 0 saturated heterocycles. The Bertz CT molecular complexity index is 1810. The fourth-order valence-corrected chi connectivity index (χ4v) is 5.98. The number of ether oxygens (including phenoxy) is 3. The van der Waals surface area contributed by atoms with Crippen LogP contribution in [0.15, 0.2) is 87.8 Å². The number of methoxy groups -OCH3 is 2. The molecule has 0 amide bonds. The molecule has 1 unspecified atom stereocenters. The first kappa shape index (κ1) is 27.7. The summed E-state index contributed by atoms with van der Waals surface area (Å²) >= 11 is 13.6. The Morgan fingerprint density at radius 1 is 1.05 bits per heavy atom. The highest BCUT2D eigenvalue weighted by Gasteiger charge is 2.33. The van der Waals surface area contributed by atoms with Gasteiger partial charge in [-0.15, -0.1) is 0 Å². The third kappa shape index (κ3) is 5.43. The fourth-order valence-electron chi connectivity index (χ4n) is 4.48. The van der Waals surface area contributed by atoms with Gasteiger partial charge >= 0.3 is 5.97 Å². The van der Waals surface area contributed by atoms with Crippen LogP contribution < -0.4 is 24.4 Å². The smallest absolute Gasteiger partial charge is 0.338 e. The normalized spacial score (nSPS) is 14.9. The van der Waals surface area contributed by atoms with Gasteiger partial charge in [-0.25, -0.2) is 9.79 Å². The number of hydrogen-bond donors (Lipinski definition) is 0. The molecule has 10 heteroatoms. The van der Waals surface area contributed by atoms with E-state index in [1.54, 1.807) is 43.3 Å². The Hall–Kier alpha value is -3.85. The summed E-state index contributed by atoms with van der Waals surface area (Å²) in [6, 6.07) is 19.4. The lowest BCUT2D eigenvalue weighted by Crippen LogP contribution is -2.39. The van der Waals surface area contributed by atoms with Crippen LogP contribution >= 0.6 is 34.5 Å². The third-order valence-electron chi connectivity index (χ3n) is 6.42. The Morgan fingerprint density at radius 2 is 1.82 bits per heavy atom. The summed E-state index contributed by atoms with van der Waals surface area (Å²) in [4.78, 5) is 31.8.